The first kappa shape index (κ1) is 18.6. The van der Waals surface area contributed by atoms with Crippen molar-refractivity contribution in [1.29, 1.82) is 0 Å². The van der Waals surface area contributed by atoms with Crippen molar-refractivity contribution in [3.05, 3.63) is 78.2 Å². The molecule has 0 fully saturated rings. The highest BCUT2D eigenvalue weighted by Gasteiger charge is 2.14. The monoisotopic (exact) mass is 383 g/mol. The molecule has 0 radical (unpaired) electrons. The van der Waals surface area contributed by atoms with Gasteiger partial charge in [-0.15, -0.1) is 0 Å². The molecule has 3 aromatic heterocycles. The normalized spacial score (nSPS) is 11.5. The van der Waals surface area contributed by atoms with Crippen LogP contribution >= 0.6 is 0 Å². The SMILES string of the molecule is CO/C(C)=C/c1c(C)nc(-c2cccnc2)nc1Nc1cncc2ccccc12. The van der Waals surface area contributed by atoms with Crippen molar-refractivity contribution in [2.24, 2.45) is 0 Å². The summed E-state index contributed by atoms with van der Waals surface area (Å²) in [7, 11) is 1.65. The van der Waals surface area contributed by atoms with Gasteiger partial charge in [0.25, 0.3) is 0 Å². The fraction of sp³-hybridized carbons (Fsp3) is 0.130. The van der Waals surface area contributed by atoms with Gasteiger partial charge in [0, 0.05) is 40.5 Å². The molecule has 0 amide bonds. The Morgan fingerprint density at radius 1 is 1.00 bits per heavy atom. The van der Waals surface area contributed by atoms with Gasteiger partial charge in [-0.1, -0.05) is 24.3 Å². The number of aryl methyl sites for hydroxylation is 1. The third-order valence-corrected chi connectivity index (χ3v) is 4.65. The summed E-state index contributed by atoms with van der Waals surface area (Å²) < 4.78 is 5.35. The van der Waals surface area contributed by atoms with Gasteiger partial charge in [-0.2, -0.15) is 0 Å². The molecule has 0 aliphatic rings. The molecule has 0 spiro atoms. The van der Waals surface area contributed by atoms with E-state index in [4.69, 9.17) is 9.72 Å². The van der Waals surface area contributed by atoms with Crippen LogP contribution in [-0.2, 0) is 4.74 Å². The molecule has 1 N–H and O–H groups in total. The molecule has 0 aliphatic carbocycles. The number of rotatable bonds is 5. The first-order valence-corrected chi connectivity index (χ1v) is 9.27. The lowest BCUT2D eigenvalue weighted by atomic mass is 10.1. The second-order valence-electron chi connectivity index (χ2n) is 6.63. The molecule has 0 saturated carbocycles. The fourth-order valence-corrected chi connectivity index (χ4v) is 3.08. The van der Waals surface area contributed by atoms with Crippen LogP contribution in [0.4, 0.5) is 11.5 Å². The van der Waals surface area contributed by atoms with E-state index in [0.717, 1.165) is 39.0 Å². The van der Waals surface area contributed by atoms with E-state index in [1.165, 1.54) is 0 Å². The quantitative estimate of drug-likeness (QED) is 0.481. The third-order valence-electron chi connectivity index (χ3n) is 4.65. The number of allylic oxidation sites excluding steroid dienone is 1. The summed E-state index contributed by atoms with van der Waals surface area (Å²) >= 11 is 0. The lowest BCUT2D eigenvalue weighted by molar-refractivity contribution is 0.297. The lowest BCUT2D eigenvalue weighted by Gasteiger charge is -2.15. The first-order chi connectivity index (χ1) is 14.2. The third kappa shape index (κ3) is 3.91. The second-order valence-corrected chi connectivity index (χ2v) is 6.63. The minimum Gasteiger partial charge on any atom is -0.501 e. The number of benzene rings is 1. The van der Waals surface area contributed by atoms with E-state index < -0.39 is 0 Å². The van der Waals surface area contributed by atoms with Crippen LogP contribution < -0.4 is 5.32 Å². The van der Waals surface area contributed by atoms with Gasteiger partial charge in [-0.25, -0.2) is 9.97 Å². The molecule has 0 unspecified atom stereocenters. The van der Waals surface area contributed by atoms with Crippen LogP contribution in [0.5, 0.6) is 0 Å². The highest BCUT2D eigenvalue weighted by atomic mass is 16.5. The lowest BCUT2D eigenvalue weighted by Crippen LogP contribution is -2.04. The molecule has 0 aliphatic heterocycles. The number of ether oxygens (including phenoxy) is 1. The van der Waals surface area contributed by atoms with E-state index in [9.17, 15) is 0 Å². The fourth-order valence-electron chi connectivity index (χ4n) is 3.08. The largest absolute Gasteiger partial charge is 0.501 e. The Bertz CT molecular complexity index is 1180. The summed E-state index contributed by atoms with van der Waals surface area (Å²) in [4.78, 5) is 18.0. The number of anilines is 2. The molecule has 4 rings (SSSR count). The van der Waals surface area contributed by atoms with Crippen LogP contribution in [0, 0.1) is 6.92 Å². The van der Waals surface area contributed by atoms with Crippen LogP contribution in [-0.4, -0.2) is 27.0 Å². The van der Waals surface area contributed by atoms with Crippen molar-refractivity contribution in [1.82, 2.24) is 19.9 Å². The average molecular weight is 383 g/mol. The number of hydrogen-bond donors (Lipinski definition) is 1. The number of methoxy groups -OCH3 is 1. The molecule has 6 nitrogen and oxygen atoms in total. The van der Waals surface area contributed by atoms with Gasteiger partial charge >= 0.3 is 0 Å². The summed E-state index contributed by atoms with van der Waals surface area (Å²) in [6.07, 6.45) is 9.08. The minimum absolute atomic E-state index is 0.610. The van der Waals surface area contributed by atoms with Gasteiger partial charge in [0.15, 0.2) is 5.82 Å². The zero-order chi connectivity index (χ0) is 20.2. The van der Waals surface area contributed by atoms with Crippen molar-refractivity contribution in [3.63, 3.8) is 0 Å². The Morgan fingerprint density at radius 3 is 2.66 bits per heavy atom. The van der Waals surface area contributed by atoms with Gasteiger partial charge in [0.05, 0.1) is 30.4 Å². The molecule has 0 bridgehead atoms. The summed E-state index contributed by atoms with van der Waals surface area (Å²) in [5, 5.41) is 5.59. The molecular weight excluding hydrogens is 362 g/mol. The summed E-state index contributed by atoms with van der Waals surface area (Å²) in [5.74, 6) is 2.06. The maximum atomic E-state index is 5.35. The van der Waals surface area contributed by atoms with E-state index in [0.29, 0.717) is 11.6 Å². The number of nitrogens with zero attached hydrogens (tertiary/aromatic N) is 4. The standard InChI is InChI=1S/C23H21N5O/c1-15(29-3)11-20-16(2)26-22(18-8-6-10-24-13-18)28-23(20)27-21-14-25-12-17-7-4-5-9-19(17)21/h4-14H,1-3H3,(H,26,27,28)/b15-11+. The van der Waals surface area contributed by atoms with Crippen LogP contribution in [0.3, 0.4) is 0 Å². The number of hydrogen-bond acceptors (Lipinski definition) is 6. The van der Waals surface area contributed by atoms with E-state index >= 15 is 0 Å². The van der Waals surface area contributed by atoms with Crippen molar-refractivity contribution in [2.75, 3.05) is 12.4 Å². The van der Waals surface area contributed by atoms with Crippen molar-refractivity contribution in [2.45, 2.75) is 13.8 Å². The predicted octanol–water partition coefficient (Wildman–Crippen LogP) is 5.15. The number of aromatic nitrogens is 4. The van der Waals surface area contributed by atoms with Gasteiger partial charge in [-0.3, -0.25) is 9.97 Å². The average Bonchev–Trinajstić information content (AvgIpc) is 2.76. The summed E-state index contributed by atoms with van der Waals surface area (Å²) in [6.45, 7) is 3.86. The van der Waals surface area contributed by atoms with E-state index in [1.54, 1.807) is 25.7 Å². The zero-order valence-electron chi connectivity index (χ0n) is 16.5. The van der Waals surface area contributed by atoms with E-state index in [-0.39, 0.29) is 0 Å². The maximum Gasteiger partial charge on any atom is 0.163 e. The molecule has 1 aromatic carbocycles. The van der Waals surface area contributed by atoms with Crippen LogP contribution in [0.2, 0.25) is 0 Å². The number of nitrogens with one attached hydrogen (secondary N) is 1. The number of pyridine rings is 2. The Labute approximate surface area is 169 Å². The molecule has 3 heterocycles. The summed E-state index contributed by atoms with van der Waals surface area (Å²) in [5.41, 5.74) is 3.44. The van der Waals surface area contributed by atoms with Crippen LogP contribution in [0.25, 0.3) is 28.2 Å². The molecule has 6 heteroatoms. The van der Waals surface area contributed by atoms with Gasteiger partial charge in [0.1, 0.15) is 5.82 Å². The molecule has 0 atom stereocenters. The molecule has 0 saturated heterocycles. The predicted molar refractivity (Wildman–Crippen MR) is 116 cm³/mol. The van der Waals surface area contributed by atoms with E-state index in [1.807, 2.05) is 56.5 Å². The smallest absolute Gasteiger partial charge is 0.163 e. The van der Waals surface area contributed by atoms with Crippen molar-refractivity contribution >= 4 is 28.4 Å². The van der Waals surface area contributed by atoms with E-state index in [2.05, 4.69) is 26.3 Å². The summed E-state index contributed by atoms with van der Waals surface area (Å²) in [6, 6.07) is 11.9. The van der Waals surface area contributed by atoms with Crippen LogP contribution in [0.1, 0.15) is 18.2 Å². The van der Waals surface area contributed by atoms with Crippen molar-refractivity contribution < 1.29 is 4.74 Å². The molecule has 29 heavy (non-hydrogen) atoms. The maximum absolute atomic E-state index is 5.35. The second kappa shape index (κ2) is 8.06. The topological polar surface area (TPSA) is 72.8 Å². The first-order valence-electron chi connectivity index (χ1n) is 9.27. The molecule has 4 aromatic rings. The molecule has 144 valence electrons. The zero-order valence-corrected chi connectivity index (χ0v) is 16.5. The Hall–Kier alpha value is -3.80. The van der Waals surface area contributed by atoms with Gasteiger partial charge < -0.3 is 10.1 Å². The Kier molecular flexibility index (Phi) is 5.16. The van der Waals surface area contributed by atoms with Crippen LogP contribution in [0.15, 0.2) is 66.9 Å². The highest BCUT2D eigenvalue weighted by molar-refractivity contribution is 5.94. The number of fused-ring (bicyclic) bond motifs is 1. The Morgan fingerprint density at radius 2 is 1.86 bits per heavy atom. The minimum atomic E-state index is 0.610. The Balaban J connectivity index is 1.88. The highest BCUT2D eigenvalue weighted by Crippen LogP contribution is 2.30. The molecular formula is C23H21N5O. The van der Waals surface area contributed by atoms with Gasteiger partial charge in [0.2, 0.25) is 0 Å². The van der Waals surface area contributed by atoms with Gasteiger partial charge in [-0.05, 0) is 32.1 Å². The van der Waals surface area contributed by atoms with Crippen molar-refractivity contribution in [3.8, 4) is 11.4 Å².